The van der Waals surface area contributed by atoms with E-state index in [0.29, 0.717) is 22.6 Å². The zero-order valence-corrected chi connectivity index (χ0v) is 17.5. The summed E-state index contributed by atoms with van der Waals surface area (Å²) in [5.74, 6) is 0.330. The predicted octanol–water partition coefficient (Wildman–Crippen LogP) is 5.19. The first-order valence-corrected chi connectivity index (χ1v) is 10.4. The lowest BCUT2D eigenvalue weighted by atomic mass is 10.1. The molecule has 142 valence electrons. The molecular formula is C21H17BrFN3OS. The number of aromatic nitrogens is 2. The smallest absolute Gasteiger partial charge is 0.260 e. The number of nitrogens with one attached hydrogen (secondary N) is 1. The summed E-state index contributed by atoms with van der Waals surface area (Å²) in [4.78, 5) is 23.0. The van der Waals surface area contributed by atoms with Crippen LogP contribution in [0.2, 0.25) is 0 Å². The molecule has 0 radical (unpaired) electrons. The molecule has 2 heterocycles. The zero-order valence-electron chi connectivity index (χ0n) is 15.1. The maximum Gasteiger partial charge on any atom is 0.260 e. The van der Waals surface area contributed by atoms with E-state index in [1.165, 1.54) is 29.0 Å². The van der Waals surface area contributed by atoms with Gasteiger partial charge in [0.05, 0.1) is 11.9 Å². The molecule has 28 heavy (non-hydrogen) atoms. The zero-order chi connectivity index (χ0) is 19.7. The summed E-state index contributed by atoms with van der Waals surface area (Å²) in [7, 11) is 1.99. The molecule has 4 rings (SSSR count). The minimum atomic E-state index is -0.300. The second-order valence-electron chi connectivity index (χ2n) is 6.65. The molecule has 1 N–H and O–H groups in total. The van der Waals surface area contributed by atoms with Gasteiger partial charge in [-0.15, -0.1) is 11.3 Å². The van der Waals surface area contributed by atoms with Crippen molar-refractivity contribution < 1.29 is 4.39 Å². The van der Waals surface area contributed by atoms with E-state index < -0.39 is 0 Å². The summed E-state index contributed by atoms with van der Waals surface area (Å²) in [6.07, 6.45) is 0. The van der Waals surface area contributed by atoms with Crippen LogP contribution in [0.15, 0.2) is 63.2 Å². The van der Waals surface area contributed by atoms with Gasteiger partial charge in [0.15, 0.2) is 0 Å². The molecule has 0 saturated heterocycles. The summed E-state index contributed by atoms with van der Waals surface area (Å²) < 4.78 is 14.2. The number of aromatic amines is 1. The highest BCUT2D eigenvalue weighted by Crippen LogP contribution is 2.30. The normalized spacial score (nSPS) is 11.4. The molecule has 0 unspecified atom stereocenters. The summed E-state index contributed by atoms with van der Waals surface area (Å²) in [5, 5.41) is 2.45. The monoisotopic (exact) mass is 457 g/mol. The number of fused-ring (bicyclic) bond motifs is 1. The number of benzene rings is 2. The van der Waals surface area contributed by atoms with Gasteiger partial charge in [-0.1, -0.05) is 40.2 Å². The molecule has 0 spiro atoms. The van der Waals surface area contributed by atoms with Gasteiger partial charge in [-0.05, 0) is 42.4 Å². The van der Waals surface area contributed by atoms with Crippen molar-refractivity contribution in [2.45, 2.75) is 13.1 Å². The molecule has 4 nitrogen and oxygen atoms in total. The molecule has 0 atom stereocenters. The van der Waals surface area contributed by atoms with E-state index in [1.807, 2.05) is 24.6 Å². The Hall–Kier alpha value is -2.35. The summed E-state index contributed by atoms with van der Waals surface area (Å²) in [5.41, 5.74) is 2.60. The Bertz CT molecular complexity index is 1170. The Balaban J connectivity index is 1.58. The minimum absolute atomic E-state index is 0.169. The van der Waals surface area contributed by atoms with Crippen molar-refractivity contribution in [3.8, 4) is 11.1 Å². The van der Waals surface area contributed by atoms with Crippen molar-refractivity contribution in [3.63, 3.8) is 0 Å². The molecular weight excluding hydrogens is 441 g/mol. The number of nitrogens with zero attached hydrogens (tertiary/aromatic N) is 2. The number of thiophene rings is 1. The van der Waals surface area contributed by atoms with Crippen molar-refractivity contribution in [1.82, 2.24) is 14.9 Å². The Morgan fingerprint density at radius 1 is 1.11 bits per heavy atom. The van der Waals surface area contributed by atoms with Crippen LogP contribution < -0.4 is 5.56 Å². The van der Waals surface area contributed by atoms with Crippen LogP contribution in [-0.2, 0) is 13.1 Å². The van der Waals surface area contributed by atoms with Gasteiger partial charge in [0.2, 0.25) is 0 Å². The fraction of sp³-hybridized carbons (Fsp3) is 0.143. The van der Waals surface area contributed by atoms with Crippen LogP contribution in [0.5, 0.6) is 0 Å². The Labute approximate surface area is 173 Å². The molecule has 0 amide bonds. The van der Waals surface area contributed by atoms with E-state index >= 15 is 0 Å². The number of hydrogen-bond donors (Lipinski definition) is 1. The van der Waals surface area contributed by atoms with Crippen molar-refractivity contribution >= 4 is 37.5 Å². The minimum Gasteiger partial charge on any atom is -0.309 e. The fourth-order valence-electron chi connectivity index (χ4n) is 3.12. The van der Waals surface area contributed by atoms with Crippen molar-refractivity contribution in [2.75, 3.05) is 7.05 Å². The molecule has 0 aliphatic carbocycles. The molecule has 0 bridgehead atoms. The number of rotatable bonds is 5. The largest absolute Gasteiger partial charge is 0.309 e. The first-order chi connectivity index (χ1) is 13.5. The van der Waals surface area contributed by atoms with E-state index in [9.17, 15) is 9.18 Å². The Kier molecular flexibility index (Phi) is 5.39. The standard InChI is InChI=1S/C21H17BrFN3OS/c1-26(10-13-2-6-15(22)7-3-13)11-18-24-20(27)19-17(12-28-21(19)25-18)14-4-8-16(23)9-5-14/h2-9,12H,10-11H2,1H3,(H,24,25,27). The van der Waals surface area contributed by atoms with Gasteiger partial charge in [-0.25, -0.2) is 9.37 Å². The van der Waals surface area contributed by atoms with E-state index in [0.717, 1.165) is 22.1 Å². The lowest BCUT2D eigenvalue weighted by molar-refractivity contribution is 0.311. The van der Waals surface area contributed by atoms with Crippen molar-refractivity contribution in [1.29, 1.82) is 0 Å². The second kappa shape index (κ2) is 7.95. The van der Waals surface area contributed by atoms with Gasteiger partial charge in [0.1, 0.15) is 16.5 Å². The molecule has 0 aliphatic rings. The van der Waals surface area contributed by atoms with Gasteiger partial charge >= 0.3 is 0 Å². The van der Waals surface area contributed by atoms with Crippen LogP contribution in [0.4, 0.5) is 4.39 Å². The number of halogens is 2. The van der Waals surface area contributed by atoms with Crippen LogP contribution in [0, 0.1) is 5.82 Å². The van der Waals surface area contributed by atoms with Crippen LogP contribution in [-0.4, -0.2) is 21.9 Å². The first kappa shape index (κ1) is 19.0. The molecule has 7 heteroatoms. The van der Waals surface area contributed by atoms with Crippen molar-refractivity contribution in [3.05, 3.63) is 85.9 Å². The van der Waals surface area contributed by atoms with Crippen LogP contribution >= 0.6 is 27.3 Å². The van der Waals surface area contributed by atoms with Crippen molar-refractivity contribution in [2.24, 2.45) is 0 Å². The van der Waals surface area contributed by atoms with E-state index in [1.54, 1.807) is 12.1 Å². The maximum absolute atomic E-state index is 13.2. The molecule has 2 aromatic carbocycles. The quantitative estimate of drug-likeness (QED) is 0.448. The van der Waals surface area contributed by atoms with Crippen LogP contribution in [0.1, 0.15) is 11.4 Å². The van der Waals surface area contributed by atoms with Gasteiger partial charge in [0, 0.05) is 22.0 Å². The summed E-state index contributed by atoms with van der Waals surface area (Å²) >= 11 is 4.86. The lowest BCUT2D eigenvalue weighted by Crippen LogP contribution is -2.21. The Morgan fingerprint density at radius 3 is 2.54 bits per heavy atom. The highest BCUT2D eigenvalue weighted by Gasteiger charge is 2.14. The summed E-state index contributed by atoms with van der Waals surface area (Å²) in [6.45, 7) is 1.28. The van der Waals surface area contributed by atoms with Crippen LogP contribution in [0.25, 0.3) is 21.3 Å². The topological polar surface area (TPSA) is 49.0 Å². The number of hydrogen-bond acceptors (Lipinski definition) is 4. The average Bonchev–Trinajstić information content (AvgIpc) is 3.09. The Morgan fingerprint density at radius 2 is 1.82 bits per heavy atom. The predicted molar refractivity (Wildman–Crippen MR) is 115 cm³/mol. The molecule has 0 aliphatic heterocycles. The third-order valence-corrected chi connectivity index (χ3v) is 5.83. The summed E-state index contributed by atoms with van der Waals surface area (Å²) in [6, 6.07) is 14.3. The first-order valence-electron chi connectivity index (χ1n) is 8.69. The fourth-order valence-corrected chi connectivity index (χ4v) is 4.35. The average molecular weight is 458 g/mol. The molecule has 2 aromatic heterocycles. The van der Waals surface area contributed by atoms with Gasteiger partial charge < -0.3 is 4.98 Å². The molecule has 0 saturated carbocycles. The number of H-pyrrole nitrogens is 1. The van der Waals surface area contributed by atoms with E-state index in [-0.39, 0.29) is 11.4 Å². The van der Waals surface area contributed by atoms with E-state index in [2.05, 4.69) is 42.9 Å². The van der Waals surface area contributed by atoms with E-state index in [4.69, 9.17) is 0 Å². The highest BCUT2D eigenvalue weighted by molar-refractivity contribution is 9.10. The SMILES string of the molecule is CN(Cc1ccc(Br)cc1)Cc1nc2scc(-c3ccc(F)cc3)c2c(=O)[nH]1. The third kappa shape index (κ3) is 4.06. The molecule has 0 fully saturated rings. The van der Waals surface area contributed by atoms with Gasteiger partial charge in [0.25, 0.3) is 5.56 Å². The second-order valence-corrected chi connectivity index (χ2v) is 8.42. The highest BCUT2D eigenvalue weighted by atomic mass is 79.9. The maximum atomic E-state index is 13.2. The molecule has 4 aromatic rings. The van der Waals surface area contributed by atoms with Gasteiger partial charge in [-0.2, -0.15) is 0 Å². The lowest BCUT2D eigenvalue weighted by Gasteiger charge is -2.16. The third-order valence-electron chi connectivity index (χ3n) is 4.43. The van der Waals surface area contributed by atoms with Crippen LogP contribution in [0.3, 0.4) is 0 Å². The van der Waals surface area contributed by atoms with Gasteiger partial charge in [-0.3, -0.25) is 9.69 Å².